The van der Waals surface area contributed by atoms with Gasteiger partial charge in [0.05, 0.1) is 5.39 Å². The quantitative estimate of drug-likeness (QED) is 0.813. The zero-order valence-corrected chi connectivity index (χ0v) is 18.6. The van der Waals surface area contributed by atoms with E-state index in [1.165, 1.54) is 45.2 Å². The number of thiophene rings is 1. The van der Waals surface area contributed by atoms with Crippen LogP contribution in [0, 0.1) is 26.7 Å². The molecule has 6 nitrogen and oxygen atoms in total. The smallest absolute Gasteiger partial charge is 0.262 e. The van der Waals surface area contributed by atoms with Gasteiger partial charge in [0.2, 0.25) is 5.91 Å². The number of carbonyl (C=O) groups is 1. The Morgan fingerprint density at radius 2 is 1.97 bits per heavy atom. The summed E-state index contributed by atoms with van der Waals surface area (Å²) in [6.07, 6.45) is 6.64. The molecule has 2 fully saturated rings. The van der Waals surface area contributed by atoms with Crippen molar-refractivity contribution in [2.45, 2.75) is 71.9 Å². The van der Waals surface area contributed by atoms with Gasteiger partial charge < -0.3 is 10.2 Å². The lowest BCUT2D eigenvalue weighted by Gasteiger charge is -2.44. The largest absolute Gasteiger partial charge is 0.356 e. The van der Waals surface area contributed by atoms with E-state index in [1.807, 2.05) is 20.8 Å². The van der Waals surface area contributed by atoms with Gasteiger partial charge in [-0.25, -0.2) is 4.98 Å². The third-order valence-corrected chi connectivity index (χ3v) is 7.93. The lowest BCUT2D eigenvalue weighted by Crippen LogP contribution is -2.51. The van der Waals surface area contributed by atoms with Gasteiger partial charge in [-0.15, -0.1) is 11.3 Å². The van der Waals surface area contributed by atoms with E-state index >= 15 is 0 Å². The summed E-state index contributed by atoms with van der Waals surface area (Å²) in [5.41, 5.74) is 0.988. The molecule has 4 heterocycles. The second-order valence-electron chi connectivity index (χ2n) is 8.63. The number of hydrogen-bond donors (Lipinski definition) is 1. The first kappa shape index (κ1) is 20.5. The lowest BCUT2D eigenvalue weighted by atomic mass is 9.83. The second kappa shape index (κ2) is 8.56. The lowest BCUT2D eigenvalue weighted by molar-refractivity contribution is -0.121. The Kier molecular flexibility index (Phi) is 6.06. The number of nitrogens with one attached hydrogen (secondary N) is 1. The second-order valence-corrected chi connectivity index (χ2v) is 9.84. The fourth-order valence-corrected chi connectivity index (χ4v) is 6.12. The van der Waals surface area contributed by atoms with Crippen molar-refractivity contribution in [2.75, 3.05) is 19.6 Å². The van der Waals surface area contributed by atoms with E-state index in [0.717, 1.165) is 21.8 Å². The van der Waals surface area contributed by atoms with E-state index in [0.29, 0.717) is 36.1 Å². The predicted molar refractivity (Wildman–Crippen MR) is 118 cm³/mol. The van der Waals surface area contributed by atoms with Gasteiger partial charge in [-0.3, -0.25) is 14.2 Å². The molecule has 0 radical (unpaired) electrons. The topological polar surface area (TPSA) is 67.2 Å². The number of nitrogens with zero attached hydrogens (tertiary/aromatic N) is 3. The van der Waals surface area contributed by atoms with Gasteiger partial charge in [0.1, 0.15) is 10.7 Å². The number of carbonyl (C=O) groups excluding carboxylic acids is 1. The van der Waals surface area contributed by atoms with E-state index in [2.05, 4.69) is 15.2 Å². The number of aryl methyl sites for hydroxylation is 3. The van der Waals surface area contributed by atoms with E-state index in [4.69, 9.17) is 0 Å². The molecule has 2 aromatic heterocycles. The highest BCUT2D eigenvalue weighted by molar-refractivity contribution is 7.18. The maximum absolute atomic E-state index is 13.0. The van der Waals surface area contributed by atoms with Crippen LogP contribution >= 0.6 is 11.3 Å². The minimum absolute atomic E-state index is 0.0210. The number of fused-ring (bicyclic) bond motifs is 2. The molecule has 0 unspecified atom stereocenters. The molecule has 0 aromatic carbocycles. The molecule has 2 aromatic rings. The van der Waals surface area contributed by atoms with Crippen LogP contribution in [-0.4, -0.2) is 46.0 Å². The van der Waals surface area contributed by atoms with Crippen molar-refractivity contribution in [3.8, 4) is 0 Å². The first-order chi connectivity index (χ1) is 14.0. The van der Waals surface area contributed by atoms with Crippen LogP contribution in [0.5, 0.6) is 0 Å². The first-order valence-electron chi connectivity index (χ1n) is 10.9. The molecule has 1 amide bonds. The summed E-state index contributed by atoms with van der Waals surface area (Å²) in [7, 11) is 0. The summed E-state index contributed by atoms with van der Waals surface area (Å²) >= 11 is 1.57. The fourth-order valence-electron chi connectivity index (χ4n) is 5.05. The fraction of sp³-hybridized carbons (Fsp3) is 0.682. The van der Waals surface area contributed by atoms with Crippen molar-refractivity contribution in [1.82, 2.24) is 19.8 Å². The standard InChI is InChI=1S/C22H32N4O2S/c1-14-15(2)29-21-20(14)22(28)26(16(3)24-21)12-9-19(27)23-13-17-7-6-11-25-10-5-4-8-18(17)25/h17-18H,4-13H2,1-3H3,(H,23,27)/t17-,18-/m0/s1. The Morgan fingerprint density at radius 1 is 1.17 bits per heavy atom. The summed E-state index contributed by atoms with van der Waals surface area (Å²) in [5, 5.41) is 3.85. The number of hydrogen-bond acceptors (Lipinski definition) is 5. The Bertz CT molecular complexity index is 962. The third-order valence-electron chi connectivity index (χ3n) is 6.83. The molecule has 4 rings (SSSR count). The summed E-state index contributed by atoms with van der Waals surface area (Å²) in [6.45, 7) is 9.42. The molecule has 0 aliphatic carbocycles. The van der Waals surface area contributed by atoms with E-state index < -0.39 is 0 Å². The van der Waals surface area contributed by atoms with Crippen LogP contribution in [0.15, 0.2) is 4.79 Å². The van der Waals surface area contributed by atoms with Crippen LogP contribution in [0.1, 0.15) is 54.8 Å². The van der Waals surface area contributed by atoms with Crippen molar-refractivity contribution < 1.29 is 4.79 Å². The van der Waals surface area contributed by atoms with Gasteiger partial charge in [-0.05, 0) is 71.0 Å². The van der Waals surface area contributed by atoms with Crippen molar-refractivity contribution in [1.29, 1.82) is 0 Å². The minimum Gasteiger partial charge on any atom is -0.356 e. The highest BCUT2D eigenvalue weighted by atomic mass is 32.1. The summed E-state index contributed by atoms with van der Waals surface area (Å²) in [5.74, 6) is 1.27. The normalized spacial score (nSPS) is 22.6. The van der Waals surface area contributed by atoms with Gasteiger partial charge in [0.15, 0.2) is 0 Å². The molecule has 29 heavy (non-hydrogen) atoms. The van der Waals surface area contributed by atoms with Crippen molar-refractivity contribution in [3.05, 3.63) is 26.6 Å². The molecule has 2 saturated heterocycles. The van der Waals surface area contributed by atoms with Gasteiger partial charge in [0, 0.05) is 30.4 Å². The molecular weight excluding hydrogens is 384 g/mol. The molecule has 2 aliphatic rings. The van der Waals surface area contributed by atoms with Crippen LogP contribution < -0.4 is 10.9 Å². The van der Waals surface area contributed by atoms with Crippen molar-refractivity contribution in [2.24, 2.45) is 5.92 Å². The van der Waals surface area contributed by atoms with E-state index in [9.17, 15) is 9.59 Å². The summed E-state index contributed by atoms with van der Waals surface area (Å²) in [4.78, 5) is 34.6. The van der Waals surface area contributed by atoms with Gasteiger partial charge in [-0.2, -0.15) is 0 Å². The van der Waals surface area contributed by atoms with Crippen LogP contribution in [0.4, 0.5) is 0 Å². The third kappa shape index (κ3) is 4.12. The van der Waals surface area contributed by atoms with Crippen molar-refractivity contribution in [3.63, 3.8) is 0 Å². The number of amides is 1. The molecular formula is C22H32N4O2S. The van der Waals surface area contributed by atoms with Gasteiger partial charge >= 0.3 is 0 Å². The van der Waals surface area contributed by atoms with Crippen molar-refractivity contribution >= 4 is 27.5 Å². The Morgan fingerprint density at radius 3 is 2.79 bits per heavy atom. The molecule has 1 N–H and O–H groups in total. The Labute approximate surface area is 176 Å². The monoisotopic (exact) mass is 416 g/mol. The SMILES string of the molecule is Cc1sc2nc(C)n(CCC(=O)NC[C@@H]3CCCN4CCCC[C@@H]34)c(=O)c2c1C. The molecule has 0 spiro atoms. The van der Waals surface area contributed by atoms with Crippen LogP contribution in [-0.2, 0) is 11.3 Å². The van der Waals surface area contributed by atoms with E-state index in [1.54, 1.807) is 15.9 Å². The zero-order chi connectivity index (χ0) is 20.5. The maximum Gasteiger partial charge on any atom is 0.262 e. The maximum atomic E-state index is 13.0. The average Bonchev–Trinajstić information content (AvgIpc) is 2.99. The number of aromatic nitrogens is 2. The molecule has 158 valence electrons. The van der Waals surface area contributed by atoms with Gasteiger partial charge in [-0.1, -0.05) is 6.42 Å². The average molecular weight is 417 g/mol. The summed E-state index contributed by atoms with van der Waals surface area (Å²) < 4.78 is 1.66. The first-order valence-corrected chi connectivity index (χ1v) is 11.7. The number of piperidine rings is 2. The highest BCUT2D eigenvalue weighted by Crippen LogP contribution is 2.30. The molecule has 7 heteroatoms. The number of rotatable bonds is 5. The molecule has 0 saturated carbocycles. The zero-order valence-electron chi connectivity index (χ0n) is 17.8. The van der Waals surface area contributed by atoms with E-state index in [-0.39, 0.29) is 11.5 Å². The Balaban J connectivity index is 1.37. The summed E-state index contributed by atoms with van der Waals surface area (Å²) in [6, 6.07) is 0.638. The molecule has 2 atom stereocenters. The minimum atomic E-state index is -0.0210. The Hall–Kier alpha value is -1.73. The predicted octanol–water partition coefficient (Wildman–Crippen LogP) is 3.15. The van der Waals surface area contributed by atoms with Crippen LogP contribution in [0.2, 0.25) is 0 Å². The highest BCUT2D eigenvalue weighted by Gasteiger charge is 2.32. The molecule has 0 bridgehead atoms. The van der Waals surface area contributed by atoms with Gasteiger partial charge in [0.25, 0.3) is 5.56 Å². The van der Waals surface area contributed by atoms with Crippen LogP contribution in [0.3, 0.4) is 0 Å². The van der Waals surface area contributed by atoms with Crippen LogP contribution in [0.25, 0.3) is 10.2 Å². The molecule has 2 aliphatic heterocycles.